The third-order valence-corrected chi connectivity index (χ3v) is 3.47. The highest BCUT2D eigenvalue weighted by Crippen LogP contribution is 2.09. The summed E-state index contributed by atoms with van der Waals surface area (Å²) >= 11 is 0. The molecule has 0 aliphatic rings. The van der Waals surface area contributed by atoms with Gasteiger partial charge in [-0.2, -0.15) is 0 Å². The van der Waals surface area contributed by atoms with Crippen LogP contribution in [0.3, 0.4) is 0 Å². The number of aromatic nitrogens is 4. The van der Waals surface area contributed by atoms with Crippen LogP contribution < -0.4 is 16.1 Å². The Morgan fingerprint density at radius 1 is 1.25 bits per heavy atom. The van der Waals surface area contributed by atoms with Crippen molar-refractivity contribution in [2.24, 2.45) is 0 Å². The van der Waals surface area contributed by atoms with E-state index in [1.165, 1.54) is 6.33 Å². The molecule has 2 heterocycles. The van der Waals surface area contributed by atoms with E-state index in [1.54, 1.807) is 4.57 Å². The number of hydrogen-bond donors (Lipinski definition) is 1. The van der Waals surface area contributed by atoms with Crippen molar-refractivity contribution in [2.45, 2.75) is 26.3 Å². The maximum absolute atomic E-state index is 12.2. The fourth-order valence-corrected chi connectivity index (χ4v) is 2.39. The van der Waals surface area contributed by atoms with E-state index in [2.05, 4.69) is 9.97 Å². The SMILES string of the molecule is CCCC(=O)On1c(=O)[nH]c(=O)c2c1ncn2Cc1ccccc1. The zero-order chi connectivity index (χ0) is 17.1. The van der Waals surface area contributed by atoms with Crippen molar-refractivity contribution in [3.8, 4) is 0 Å². The fraction of sp³-hybridized carbons (Fsp3) is 0.250. The van der Waals surface area contributed by atoms with E-state index in [4.69, 9.17) is 4.84 Å². The smallest absolute Gasteiger partial charge is 0.330 e. The van der Waals surface area contributed by atoms with Gasteiger partial charge in [-0.05, 0) is 12.0 Å². The lowest BCUT2D eigenvalue weighted by molar-refractivity contribution is -0.144. The Balaban J connectivity index is 2.07. The largest absolute Gasteiger partial charge is 0.364 e. The zero-order valence-electron chi connectivity index (χ0n) is 13.1. The second-order valence-electron chi connectivity index (χ2n) is 5.30. The first-order valence-electron chi connectivity index (χ1n) is 7.55. The number of imidazole rings is 1. The summed E-state index contributed by atoms with van der Waals surface area (Å²) in [5.74, 6) is -0.564. The predicted molar refractivity (Wildman–Crippen MR) is 86.7 cm³/mol. The van der Waals surface area contributed by atoms with Crippen molar-refractivity contribution in [1.82, 2.24) is 19.3 Å². The average molecular weight is 328 g/mol. The number of rotatable bonds is 5. The number of H-pyrrole nitrogens is 1. The fourth-order valence-electron chi connectivity index (χ4n) is 2.39. The van der Waals surface area contributed by atoms with Crippen molar-refractivity contribution in [1.29, 1.82) is 0 Å². The van der Waals surface area contributed by atoms with Crippen molar-refractivity contribution in [3.05, 3.63) is 63.1 Å². The molecule has 0 spiro atoms. The maximum atomic E-state index is 12.2. The van der Waals surface area contributed by atoms with Crippen LogP contribution in [-0.2, 0) is 11.3 Å². The lowest BCUT2D eigenvalue weighted by Crippen LogP contribution is -2.37. The van der Waals surface area contributed by atoms with Gasteiger partial charge >= 0.3 is 11.7 Å². The summed E-state index contributed by atoms with van der Waals surface area (Å²) in [6.45, 7) is 2.22. The minimum Gasteiger partial charge on any atom is -0.330 e. The highest BCUT2D eigenvalue weighted by Gasteiger charge is 2.16. The molecule has 124 valence electrons. The van der Waals surface area contributed by atoms with Crippen molar-refractivity contribution >= 4 is 17.1 Å². The maximum Gasteiger partial charge on any atom is 0.364 e. The molecule has 0 radical (unpaired) electrons. The lowest BCUT2D eigenvalue weighted by Gasteiger charge is -2.07. The lowest BCUT2D eigenvalue weighted by atomic mass is 10.2. The van der Waals surface area contributed by atoms with Crippen LogP contribution >= 0.6 is 0 Å². The molecule has 1 N–H and O–H groups in total. The zero-order valence-corrected chi connectivity index (χ0v) is 13.1. The highest BCUT2D eigenvalue weighted by molar-refractivity contribution is 5.73. The summed E-state index contributed by atoms with van der Waals surface area (Å²) in [7, 11) is 0. The molecule has 2 aromatic heterocycles. The Hall–Kier alpha value is -3.16. The van der Waals surface area contributed by atoms with Gasteiger partial charge in [0.15, 0.2) is 5.52 Å². The normalized spacial score (nSPS) is 10.9. The average Bonchev–Trinajstić information content (AvgIpc) is 2.97. The second kappa shape index (κ2) is 6.53. The van der Waals surface area contributed by atoms with Gasteiger partial charge in [-0.1, -0.05) is 42.0 Å². The van der Waals surface area contributed by atoms with Gasteiger partial charge in [0.05, 0.1) is 6.33 Å². The van der Waals surface area contributed by atoms with E-state index >= 15 is 0 Å². The molecule has 1 aromatic carbocycles. The van der Waals surface area contributed by atoms with Crippen LogP contribution in [0, 0.1) is 0 Å². The summed E-state index contributed by atoms with van der Waals surface area (Å²) in [6.07, 6.45) is 2.19. The van der Waals surface area contributed by atoms with Gasteiger partial charge in [-0.3, -0.25) is 9.78 Å². The van der Waals surface area contributed by atoms with Gasteiger partial charge < -0.3 is 9.40 Å². The Labute approximate surface area is 136 Å². The third kappa shape index (κ3) is 2.98. The van der Waals surface area contributed by atoms with Crippen LogP contribution in [0.2, 0.25) is 0 Å². The Kier molecular flexibility index (Phi) is 4.28. The van der Waals surface area contributed by atoms with Crippen LogP contribution in [-0.4, -0.2) is 25.2 Å². The molecule has 8 nitrogen and oxygen atoms in total. The van der Waals surface area contributed by atoms with E-state index in [-0.39, 0.29) is 17.6 Å². The number of nitrogens with zero attached hydrogens (tertiary/aromatic N) is 3. The molecule has 0 saturated heterocycles. The van der Waals surface area contributed by atoms with Crippen LogP contribution in [0.25, 0.3) is 11.2 Å². The van der Waals surface area contributed by atoms with Crippen molar-refractivity contribution < 1.29 is 9.63 Å². The number of fused-ring (bicyclic) bond motifs is 1. The quantitative estimate of drug-likeness (QED) is 0.743. The number of hydrogen-bond acceptors (Lipinski definition) is 5. The van der Waals surface area contributed by atoms with E-state index in [0.717, 1.165) is 10.3 Å². The molecule has 8 heteroatoms. The number of nitrogens with one attached hydrogen (secondary N) is 1. The van der Waals surface area contributed by atoms with E-state index in [1.807, 2.05) is 37.3 Å². The molecule has 3 rings (SSSR count). The van der Waals surface area contributed by atoms with Gasteiger partial charge in [0, 0.05) is 13.0 Å². The molecular formula is C16H16N4O4. The molecule has 0 bridgehead atoms. The molecular weight excluding hydrogens is 312 g/mol. The second-order valence-corrected chi connectivity index (χ2v) is 5.30. The van der Waals surface area contributed by atoms with Gasteiger partial charge in [-0.15, -0.1) is 0 Å². The number of carbonyl (C=O) groups excluding carboxylic acids is 1. The minimum atomic E-state index is -0.832. The van der Waals surface area contributed by atoms with Gasteiger partial charge in [0.25, 0.3) is 5.56 Å². The molecule has 0 saturated carbocycles. The molecule has 3 aromatic rings. The number of aromatic amines is 1. The molecule has 0 aliphatic heterocycles. The summed E-state index contributed by atoms with van der Waals surface area (Å²) in [5.41, 5.74) is -0.253. The van der Waals surface area contributed by atoms with Crippen LogP contribution in [0.15, 0.2) is 46.2 Å². The van der Waals surface area contributed by atoms with Gasteiger partial charge in [0.2, 0.25) is 5.65 Å². The first-order valence-corrected chi connectivity index (χ1v) is 7.55. The standard InChI is InChI=1S/C16H16N4O4/c1-2-6-12(21)24-20-14-13(15(22)18-16(20)23)19(10-17-14)9-11-7-4-3-5-8-11/h3-5,7-8,10H,2,6,9H2,1H3,(H,18,22,23). The monoisotopic (exact) mass is 328 g/mol. The molecule has 24 heavy (non-hydrogen) atoms. The van der Waals surface area contributed by atoms with Crippen LogP contribution in [0.4, 0.5) is 0 Å². The van der Waals surface area contributed by atoms with Gasteiger partial charge in [0.1, 0.15) is 0 Å². The van der Waals surface area contributed by atoms with E-state index in [0.29, 0.717) is 13.0 Å². The van der Waals surface area contributed by atoms with Crippen molar-refractivity contribution in [3.63, 3.8) is 0 Å². The first-order chi connectivity index (χ1) is 11.6. The Bertz CT molecular complexity index is 985. The van der Waals surface area contributed by atoms with Crippen LogP contribution in [0.1, 0.15) is 25.3 Å². The number of benzene rings is 1. The summed E-state index contributed by atoms with van der Waals surface area (Å²) in [6, 6.07) is 9.50. The van der Waals surface area contributed by atoms with E-state index < -0.39 is 17.2 Å². The topological polar surface area (TPSA) is 99.0 Å². The molecule has 0 amide bonds. The minimum absolute atomic E-state index is 0.0177. The molecule has 0 fully saturated rings. The third-order valence-electron chi connectivity index (χ3n) is 3.47. The predicted octanol–water partition coefficient (Wildman–Crippen LogP) is 0.690. The summed E-state index contributed by atoms with van der Waals surface area (Å²) in [5, 5.41) is 0. The molecule has 0 unspecified atom stereocenters. The Morgan fingerprint density at radius 3 is 2.71 bits per heavy atom. The van der Waals surface area contributed by atoms with E-state index in [9.17, 15) is 14.4 Å². The number of carbonyl (C=O) groups is 1. The Morgan fingerprint density at radius 2 is 2.00 bits per heavy atom. The molecule has 0 atom stereocenters. The summed E-state index contributed by atoms with van der Waals surface area (Å²) in [4.78, 5) is 47.1. The highest BCUT2D eigenvalue weighted by atomic mass is 16.7. The summed E-state index contributed by atoms with van der Waals surface area (Å²) < 4.78 is 2.34. The van der Waals surface area contributed by atoms with Gasteiger partial charge in [-0.25, -0.2) is 14.6 Å². The van der Waals surface area contributed by atoms with Crippen LogP contribution in [0.5, 0.6) is 0 Å². The first kappa shape index (κ1) is 15.7. The molecule has 0 aliphatic carbocycles. The van der Waals surface area contributed by atoms with Crippen molar-refractivity contribution in [2.75, 3.05) is 0 Å².